The molecule has 9 heteroatoms. The van der Waals surface area contributed by atoms with Gasteiger partial charge < -0.3 is 10.4 Å². The zero-order valence-electron chi connectivity index (χ0n) is 15.1. The van der Waals surface area contributed by atoms with Crippen molar-refractivity contribution in [2.45, 2.75) is 13.1 Å². The Bertz CT molecular complexity index is 1190. The fourth-order valence-corrected chi connectivity index (χ4v) is 2.90. The predicted octanol–water partition coefficient (Wildman–Crippen LogP) is 4.86. The van der Waals surface area contributed by atoms with Crippen LogP contribution in [0.4, 0.5) is 24.8 Å². The number of anilines is 2. The third-order valence-corrected chi connectivity index (χ3v) is 4.41. The molecule has 0 spiro atoms. The van der Waals surface area contributed by atoms with Gasteiger partial charge in [-0.1, -0.05) is 6.07 Å². The summed E-state index contributed by atoms with van der Waals surface area (Å²) in [6, 6.07) is 9.06. The van der Waals surface area contributed by atoms with Gasteiger partial charge in [-0.3, -0.25) is 4.98 Å². The second kappa shape index (κ2) is 7.01. The van der Waals surface area contributed by atoms with Crippen molar-refractivity contribution in [3.63, 3.8) is 0 Å². The highest BCUT2D eigenvalue weighted by Gasteiger charge is 2.30. The van der Waals surface area contributed by atoms with Crippen molar-refractivity contribution in [3.05, 3.63) is 66.2 Å². The van der Waals surface area contributed by atoms with Gasteiger partial charge in [-0.2, -0.15) is 13.2 Å². The van der Waals surface area contributed by atoms with Crippen LogP contribution >= 0.6 is 0 Å². The molecule has 0 bridgehead atoms. The third-order valence-electron chi connectivity index (χ3n) is 4.41. The molecule has 0 aliphatic carbocycles. The zero-order chi connectivity index (χ0) is 20.6. The van der Waals surface area contributed by atoms with Gasteiger partial charge in [0.25, 0.3) is 0 Å². The average molecular weight is 397 g/mol. The zero-order valence-corrected chi connectivity index (χ0v) is 15.1. The Labute approximate surface area is 163 Å². The van der Waals surface area contributed by atoms with E-state index in [2.05, 4.69) is 25.3 Å². The van der Waals surface area contributed by atoms with Gasteiger partial charge in [0.1, 0.15) is 23.7 Å². The number of hydrogen-bond acceptors (Lipinski definition) is 6. The van der Waals surface area contributed by atoms with Crippen molar-refractivity contribution in [2.75, 3.05) is 5.32 Å². The van der Waals surface area contributed by atoms with E-state index in [4.69, 9.17) is 0 Å². The molecule has 0 atom stereocenters. The van der Waals surface area contributed by atoms with E-state index in [9.17, 15) is 18.3 Å². The summed E-state index contributed by atoms with van der Waals surface area (Å²) in [4.78, 5) is 16.5. The molecule has 0 amide bonds. The molecule has 3 aromatic heterocycles. The minimum absolute atomic E-state index is 0.136. The molecule has 0 fully saturated rings. The van der Waals surface area contributed by atoms with E-state index in [0.29, 0.717) is 28.0 Å². The Kier molecular flexibility index (Phi) is 4.50. The standard InChI is InChI=1S/C20H14F3N5O/c1-11-18(12-2-4-14-15(8-12)24-7-6-16(14)29)26-10-27-19(11)28-17-5-3-13(9-25-17)20(21,22)23/h2-10H,1H3,(H,24,29)(H,25,26,27,28). The predicted molar refractivity (Wildman–Crippen MR) is 102 cm³/mol. The van der Waals surface area contributed by atoms with Gasteiger partial charge in [0.15, 0.2) is 0 Å². The van der Waals surface area contributed by atoms with Crippen LogP contribution in [0.25, 0.3) is 22.2 Å². The first-order valence-electron chi connectivity index (χ1n) is 8.53. The van der Waals surface area contributed by atoms with Crippen LogP contribution in [0.3, 0.4) is 0 Å². The fourth-order valence-electron chi connectivity index (χ4n) is 2.90. The van der Waals surface area contributed by atoms with Crippen LogP contribution in [-0.2, 0) is 6.18 Å². The van der Waals surface area contributed by atoms with Crippen molar-refractivity contribution in [1.29, 1.82) is 0 Å². The first-order valence-corrected chi connectivity index (χ1v) is 8.53. The lowest BCUT2D eigenvalue weighted by Gasteiger charge is -2.12. The van der Waals surface area contributed by atoms with E-state index in [1.165, 1.54) is 24.7 Å². The summed E-state index contributed by atoms with van der Waals surface area (Å²) in [6.45, 7) is 1.79. The van der Waals surface area contributed by atoms with Gasteiger partial charge in [-0.25, -0.2) is 15.0 Å². The topological polar surface area (TPSA) is 83.8 Å². The van der Waals surface area contributed by atoms with Crippen LogP contribution in [0.2, 0.25) is 0 Å². The Morgan fingerprint density at radius 1 is 0.966 bits per heavy atom. The first kappa shape index (κ1) is 18.6. The van der Waals surface area contributed by atoms with E-state index < -0.39 is 11.7 Å². The van der Waals surface area contributed by atoms with E-state index in [0.717, 1.165) is 17.8 Å². The third kappa shape index (κ3) is 3.66. The Morgan fingerprint density at radius 2 is 1.79 bits per heavy atom. The first-order chi connectivity index (χ1) is 13.8. The van der Waals surface area contributed by atoms with E-state index in [-0.39, 0.29) is 11.6 Å². The van der Waals surface area contributed by atoms with Gasteiger partial charge >= 0.3 is 6.18 Å². The lowest BCUT2D eigenvalue weighted by Crippen LogP contribution is -2.06. The Balaban J connectivity index is 1.67. The van der Waals surface area contributed by atoms with Gasteiger partial charge in [0.2, 0.25) is 0 Å². The summed E-state index contributed by atoms with van der Waals surface area (Å²) in [7, 11) is 0. The highest BCUT2D eigenvalue weighted by atomic mass is 19.4. The van der Waals surface area contributed by atoms with Crippen molar-refractivity contribution in [2.24, 2.45) is 0 Å². The fraction of sp³-hybridized carbons (Fsp3) is 0.100. The monoisotopic (exact) mass is 397 g/mol. The second-order valence-corrected chi connectivity index (χ2v) is 6.31. The lowest BCUT2D eigenvalue weighted by molar-refractivity contribution is -0.137. The number of nitrogens with one attached hydrogen (secondary N) is 1. The van der Waals surface area contributed by atoms with Crippen LogP contribution in [0, 0.1) is 6.92 Å². The van der Waals surface area contributed by atoms with E-state index >= 15 is 0 Å². The van der Waals surface area contributed by atoms with Crippen LogP contribution in [0.1, 0.15) is 11.1 Å². The molecule has 0 aliphatic rings. The summed E-state index contributed by atoms with van der Waals surface area (Å²) < 4.78 is 38.1. The highest BCUT2D eigenvalue weighted by Crippen LogP contribution is 2.32. The number of benzene rings is 1. The van der Waals surface area contributed by atoms with E-state index in [1.54, 1.807) is 25.1 Å². The maximum atomic E-state index is 12.7. The molecule has 29 heavy (non-hydrogen) atoms. The molecule has 0 aliphatic heterocycles. The number of aromatic nitrogens is 4. The number of fused-ring (bicyclic) bond motifs is 1. The van der Waals surface area contributed by atoms with Crippen LogP contribution in [0.15, 0.2) is 55.1 Å². The summed E-state index contributed by atoms with van der Waals surface area (Å²) in [5, 5.41) is 13.5. The molecule has 3 heterocycles. The van der Waals surface area contributed by atoms with Crippen molar-refractivity contribution >= 4 is 22.5 Å². The normalized spacial score (nSPS) is 11.6. The number of alkyl halides is 3. The number of aromatic hydroxyl groups is 1. The van der Waals surface area contributed by atoms with E-state index in [1.807, 2.05) is 0 Å². The number of hydrogen-bond donors (Lipinski definition) is 2. The molecule has 0 unspecified atom stereocenters. The Morgan fingerprint density at radius 3 is 2.52 bits per heavy atom. The van der Waals surface area contributed by atoms with Gasteiger partial charge in [0.05, 0.1) is 16.8 Å². The summed E-state index contributed by atoms with van der Waals surface area (Å²) in [6.07, 6.45) is -0.810. The Hall–Kier alpha value is -3.75. The van der Waals surface area contributed by atoms with Crippen molar-refractivity contribution < 1.29 is 18.3 Å². The molecule has 2 N–H and O–H groups in total. The van der Waals surface area contributed by atoms with Crippen molar-refractivity contribution in [1.82, 2.24) is 19.9 Å². The maximum Gasteiger partial charge on any atom is 0.417 e. The quantitative estimate of drug-likeness (QED) is 0.514. The molecule has 146 valence electrons. The molecule has 0 saturated heterocycles. The molecule has 1 aromatic carbocycles. The van der Waals surface area contributed by atoms with Crippen LogP contribution in [-0.4, -0.2) is 25.0 Å². The highest BCUT2D eigenvalue weighted by molar-refractivity contribution is 5.88. The molecular weight excluding hydrogens is 383 g/mol. The number of pyridine rings is 2. The molecular formula is C20H14F3N5O. The number of nitrogens with zero attached hydrogens (tertiary/aromatic N) is 4. The molecule has 0 radical (unpaired) electrons. The molecule has 4 rings (SSSR count). The van der Waals surface area contributed by atoms with Gasteiger partial charge in [-0.05, 0) is 37.3 Å². The summed E-state index contributed by atoms with van der Waals surface area (Å²) in [5.41, 5.74) is 1.86. The molecule has 6 nitrogen and oxygen atoms in total. The SMILES string of the molecule is Cc1c(Nc2ccc(C(F)(F)F)cn2)ncnc1-c1ccc2c(O)ccnc2c1. The molecule has 0 saturated carbocycles. The molecule has 4 aromatic rings. The maximum absolute atomic E-state index is 12.7. The average Bonchev–Trinajstić information content (AvgIpc) is 2.69. The largest absolute Gasteiger partial charge is 0.507 e. The minimum Gasteiger partial charge on any atom is -0.507 e. The van der Waals surface area contributed by atoms with Crippen molar-refractivity contribution in [3.8, 4) is 17.0 Å². The van der Waals surface area contributed by atoms with Gasteiger partial charge in [0, 0.05) is 28.9 Å². The second-order valence-electron chi connectivity index (χ2n) is 6.31. The lowest BCUT2D eigenvalue weighted by atomic mass is 10.0. The van der Waals surface area contributed by atoms with Gasteiger partial charge in [-0.15, -0.1) is 0 Å². The summed E-state index contributed by atoms with van der Waals surface area (Å²) >= 11 is 0. The number of halogens is 3. The smallest absolute Gasteiger partial charge is 0.417 e. The summed E-state index contributed by atoms with van der Waals surface area (Å²) in [5.74, 6) is 0.791. The van der Waals surface area contributed by atoms with Crippen LogP contribution in [0.5, 0.6) is 5.75 Å². The minimum atomic E-state index is -4.44. The number of rotatable bonds is 3. The van der Waals surface area contributed by atoms with Crippen LogP contribution < -0.4 is 5.32 Å².